The van der Waals surface area contributed by atoms with Crippen LogP contribution in [-0.4, -0.2) is 25.7 Å². The highest BCUT2D eigenvalue weighted by molar-refractivity contribution is 5.95. The van der Waals surface area contributed by atoms with Crippen molar-refractivity contribution in [1.82, 2.24) is 5.32 Å². The van der Waals surface area contributed by atoms with E-state index in [1.54, 1.807) is 0 Å². The molecule has 0 atom stereocenters. The Balaban J connectivity index is 1.99. The maximum Gasteiger partial charge on any atom is 0.387 e. The highest BCUT2D eigenvalue weighted by atomic mass is 19.3. The number of rotatable bonds is 6. The number of alkyl halides is 2. The third-order valence-corrected chi connectivity index (χ3v) is 4.40. The summed E-state index contributed by atoms with van der Waals surface area (Å²) in [6.45, 7) is -0.740. The van der Waals surface area contributed by atoms with Crippen molar-refractivity contribution >= 4 is 5.91 Å². The van der Waals surface area contributed by atoms with Gasteiger partial charge in [-0.15, -0.1) is 0 Å². The van der Waals surface area contributed by atoms with E-state index in [4.69, 9.17) is 4.74 Å². The van der Waals surface area contributed by atoms with E-state index < -0.39 is 6.61 Å². The van der Waals surface area contributed by atoms with E-state index >= 15 is 0 Å². The van der Waals surface area contributed by atoms with Crippen LogP contribution in [0.25, 0.3) is 0 Å². The average Bonchev–Trinajstić information content (AvgIpc) is 2.55. The highest BCUT2D eigenvalue weighted by Gasteiger charge is 2.22. The number of hydrogen-bond donors (Lipinski definition) is 1. The van der Waals surface area contributed by atoms with Crippen LogP contribution >= 0.6 is 0 Å². The first kappa shape index (κ1) is 17.5. The van der Waals surface area contributed by atoms with Crippen LogP contribution in [0.15, 0.2) is 18.2 Å². The van der Waals surface area contributed by atoms with Gasteiger partial charge in [0.2, 0.25) is 0 Å². The summed E-state index contributed by atoms with van der Waals surface area (Å²) in [5, 5.41) is 3.01. The normalized spacial score (nSPS) is 21.1. The topological polar surface area (TPSA) is 47.6 Å². The average molecular weight is 327 g/mol. The second-order valence-corrected chi connectivity index (χ2v) is 5.84. The molecule has 0 aromatic heterocycles. The molecule has 6 heteroatoms. The molecule has 0 bridgehead atoms. The Kier molecular flexibility index (Phi) is 6.19. The summed E-state index contributed by atoms with van der Waals surface area (Å²) in [4.78, 5) is 12.3. The maximum absolute atomic E-state index is 12.3. The fourth-order valence-corrected chi connectivity index (χ4v) is 2.99. The zero-order valence-corrected chi connectivity index (χ0v) is 13.5. The van der Waals surface area contributed by atoms with Crippen molar-refractivity contribution in [3.8, 4) is 11.5 Å². The van der Waals surface area contributed by atoms with Gasteiger partial charge in [0.1, 0.15) is 0 Å². The Bertz CT molecular complexity index is 529. The van der Waals surface area contributed by atoms with Crippen LogP contribution in [0.2, 0.25) is 0 Å². The summed E-state index contributed by atoms with van der Waals surface area (Å²) < 4.78 is 34.0. The molecule has 1 N–H and O–H groups in total. The fourth-order valence-electron chi connectivity index (χ4n) is 2.99. The van der Waals surface area contributed by atoms with Crippen LogP contribution in [0.3, 0.4) is 0 Å². The van der Waals surface area contributed by atoms with Gasteiger partial charge in [0.15, 0.2) is 11.5 Å². The SMILES string of the molecule is CCC1CCC(NC(=O)c2ccc(OC(F)F)c(OC)c2)CC1. The van der Waals surface area contributed by atoms with Gasteiger partial charge in [-0.1, -0.05) is 13.3 Å². The van der Waals surface area contributed by atoms with Crippen LogP contribution in [0.5, 0.6) is 11.5 Å². The minimum atomic E-state index is -2.93. The molecule has 23 heavy (non-hydrogen) atoms. The highest BCUT2D eigenvalue weighted by Crippen LogP contribution is 2.30. The Labute approximate surface area is 135 Å². The third kappa shape index (κ3) is 4.81. The van der Waals surface area contributed by atoms with Crippen LogP contribution < -0.4 is 14.8 Å². The van der Waals surface area contributed by atoms with E-state index in [0.717, 1.165) is 31.6 Å². The van der Waals surface area contributed by atoms with Crippen LogP contribution in [0.4, 0.5) is 8.78 Å². The predicted octanol–water partition coefficient (Wildman–Crippen LogP) is 4.00. The number of nitrogens with one attached hydrogen (secondary N) is 1. The summed E-state index contributed by atoms with van der Waals surface area (Å²) in [5.41, 5.74) is 0.376. The molecular weight excluding hydrogens is 304 g/mol. The number of amides is 1. The molecule has 0 unspecified atom stereocenters. The fraction of sp³-hybridized carbons (Fsp3) is 0.588. The third-order valence-electron chi connectivity index (χ3n) is 4.40. The summed E-state index contributed by atoms with van der Waals surface area (Å²) in [5.74, 6) is 0.580. The predicted molar refractivity (Wildman–Crippen MR) is 83.1 cm³/mol. The first-order chi connectivity index (χ1) is 11.0. The molecule has 1 fully saturated rings. The zero-order valence-electron chi connectivity index (χ0n) is 13.5. The molecule has 128 valence electrons. The summed E-state index contributed by atoms with van der Waals surface area (Å²) in [6, 6.07) is 4.39. The molecule has 0 radical (unpaired) electrons. The first-order valence-electron chi connectivity index (χ1n) is 7.97. The van der Waals surface area contributed by atoms with Crippen molar-refractivity contribution in [2.45, 2.75) is 51.7 Å². The number of methoxy groups -OCH3 is 1. The summed E-state index contributed by atoms with van der Waals surface area (Å²) >= 11 is 0. The lowest BCUT2D eigenvalue weighted by atomic mass is 9.84. The van der Waals surface area contributed by atoms with Crippen molar-refractivity contribution in [2.75, 3.05) is 7.11 Å². The standard InChI is InChI=1S/C17H23F2NO3/c1-3-11-4-7-13(8-5-11)20-16(21)12-6-9-14(23-17(18)19)15(10-12)22-2/h6,9-11,13,17H,3-5,7-8H2,1-2H3,(H,20,21). The van der Waals surface area contributed by atoms with Crippen LogP contribution in [-0.2, 0) is 0 Å². The molecule has 1 saturated carbocycles. The monoisotopic (exact) mass is 327 g/mol. The summed E-state index contributed by atoms with van der Waals surface area (Å²) in [7, 11) is 1.35. The quantitative estimate of drug-likeness (QED) is 0.859. The van der Waals surface area contributed by atoms with Gasteiger partial charge in [-0.05, 0) is 49.8 Å². The Hall–Kier alpha value is -1.85. The first-order valence-corrected chi connectivity index (χ1v) is 7.97. The molecule has 0 spiro atoms. The van der Waals surface area contributed by atoms with Crippen molar-refractivity contribution in [2.24, 2.45) is 5.92 Å². The van der Waals surface area contributed by atoms with Gasteiger partial charge in [0, 0.05) is 11.6 Å². The summed E-state index contributed by atoms with van der Waals surface area (Å²) in [6.07, 6.45) is 5.41. The van der Waals surface area contributed by atoms with Gasteiger partial charge in [0.25, 0.3) is 5.91 Å². The number of ether oxygens (including phenoxy) is 2. The van der Waals surface area contributed by atoms with E-state index in [9.17, 15) is 13.6 Å². The van der Waals surface area contributed by atoms with Gasteiger partial charge >= 0.3 is 6.61 Å². The van der Waals surface area contributed by atoms with Gasteiger partial charge < -0.3 is 14.8 Å². The largest absolute Gasteiger partial charge is 0.493 e. The van der Waals surface area contributed by atoms with Crippen molar-refractivity contribution in [3.63, 3.8) is 0 Å². The number of halogens is 2. The number of hydrogen-bond acceptors (Lipinski definition) is 3. The van der Waals surface area contributed by atoms with E-state index in [2.05, 4.69) is 17.0 Å². The van der Waals surface area contributed by atoms with E-state index in [1.807, 2.05) is 0 Å². The number of carbonyl (C=O) groups is 1. The van der Waals surface area contributed by atoms with Crippen LogP contribution in [0.1, 0.15) is 49.4 Å². The molecular formula is C17H23F2NO3. The second kappa shape index (κ2) is 8.13. The maximum atomic E-state index is 12.3. The van der Waals surface area contributed by atoms with Crippen molar-refractivity contribution < 1.29 is 23.0 Å². The second-order valence-electron chi connectivity index (χ2n) is 5.84. The molecule has 1 aliphatic carbocycles. The lowest BCUT2D eigenvalue weighted by Gasteiger charge is -2.28. The van der Waals surface area contributed by atoms with Gasteiger partial charge in [-0.25, -0.2) is 0 Å². The van der Waals surface area contributed by atoms with Crippen LogP contribution in [0, 0.1) is 5.92 Å². The minimum absolute atomic E-state index is 0.0810. The van der Waals surface area contributed by atoms with E-state index in [-0.39, 0.29) is 23.4 Å². The van der Waals surface area contributed by atoms with Crippen molar-refractivity contribution in [3.05, 3.63) is 23.8 Å². The van der Waals surface area contributed by atoms with Crippen molar-refractivity contribution in [1.29, 1.82) is 0 Å². The lowest BCUT2D eigenvalue weighted by Crippen LogP contribution is -2.37. The Morgan fingerprint density at radius 3 is 2.52 bits per heavy atom. The molecule has 1 amide bonds. The Morgan fingerprint density at radius 2 is 1.96 bits per heavy atom. The molecule has 1 aliphatic rings. The zero-order chi connectivity index (χ0) is 16.8. The van der Waals surface area contributed by atoms with E-state index in [1.165, 1.54) is 31.7 Å². The minimum Gasteiger partial charge on any atom is -0.493 e. The van der Waals surface area contributed by atoms with E-state index in [0.29, 0.717) is 5.56 Å². The molecule has 0 aliphatic heterocycles. The lowest BCUT2D eigenvalue weighted by molar-refractivity contribution is -0.0512. The molecule has 2 rings (SSSR count). The molecule has 1 aromatic rings. The molecule has 0 heterocycles. The molecule has 0 saturated heterocycles. The number of benzene rings is 1. The number of carbonyl (C=O) groups excluding carboxylic acids is 1. The Morgan fingerprint density at radius 1 is 1.26 bits per heavy atom. The van der Waals surface area contributed by atoms with Gasteiger partial charge in [-0.2, -0.15) is 8.78 Å². The molecule has 1 aromatic carbocycles. The van der Waals surface area contributed by atoms with Gasteiger partial charge in [0.05, 0.1) is 7.11 Å². The molecule has 4 nitrogen and oxygen atoms in total. The smallest absolute Gasteiger partial charge is 0.387 e. The van der Waals surface area contributed by atoms with Gasteiger partial charge in [-0.3, -0.25) is 4.79 Å².